The van der Waals surface area contributed by atoms with Crippen molar-refractivity contribution < 1.29 is 22.7 Å². The van der Waals surface area contributed by atoms with Crippen LogP contribution in [-0.2, 0) is 0 Å². The number of carbonyl (C=O) groups is 1. The quantitative estimate of drug-likeness (QED) is 0.620. The van der Waals surface area contributed by atoms with Gasteiger partial charge in [0.2, 0.25) is 6.10 Å². The lowest BCUT2D eigenvalue weighted by Gasteiger charge is -2.22. The van der Waals surface area contributed by atoms with Crippen LogP contribution < -0.4 is 4.74 Å². The van der Waals surface area contributed by atoms with Crippen molar-refractivity contribution >= 4 is 28.4 Å². The smallest absolute Gasteiger partial charge is 0.429 e. The van der Waals surface area contributed by atoms with Gasteiger partial charge in [-0.15, -0.1) is 0 Å². The molecule has 0 radical (unpaired) electrons. The van der Waals surface area contributed by atoms with Crippen molar-refractivity contribution in [2.24, 2.45) is 0 Å². The third kappa shape index (κ3) is 3.75. The van der Waals surface area contributed by atoms with E-state index in [1.807, 2.05) is 0 Å². The zero-order valence-corrected chi connectivity index (χ0v) is 14.0. The van der Waals surface area contributed by atoms with E-state index in [4.69, 9.17) is 16.3 Å². The van der Waals surface area contributed by atoms with Crippen LogP contribution in [0.1, 0.15) is 29.1 Å². The SMILES string of the molecule is CC(=O)c1cc(C(Oc2nc3ccccc3nc2Cl)C(F)(F)F)ccn1. The predicted molar refractivity (Wildman–Crippen MR) is 88.2 cm³/mol. The number of ether oxygens (including phenoxy) is 1. The average molecular weight is 382 g/mol. The molecular weight excluding hydrogens is 371 g/mol. The molecule has 134 valence electrons. The van der Waals surface area contributed by atoms with E-state index in [1.165, 1.54) is 6.92 Å². The van der Waals surface area contributed by atoms with Gasteiger partial charge >= 0.3 is 6.18 Å². The van der Waals surface area contributed by atoms with Gasteiger partial charge < -0.3 is 4.74 Å². The molecule has 0 bridgehead atoms. The summed E-state index contributed by atoms with van der Waals surface area (Å²) in [6, 6.07) is 8.72. The molecule has 5 nitrogen and oxygen atoms in total. The summed E-state index contributed by atoms with van der Waals surface area (Å²) in [7, 11) is 0. The highest BCUT2D eigenvalue weighted by Gasteiger charge is 2.44. The fourth-order valence-corrected chi connectivity index (χ4v) is 2.45. The maximum atomic E-state index is 13.5. The second-order valence-corrected chi connectivity index (χ2v) is 5.74. The van der Waals surface area contributed by atoms with E-state index in [0.29, 0.717) is 11.0 Å². The lowest BCUT2D eigenvalue weighted by molar-refractivity contribution is -0.198. The molecule has 0 aliphatic carbocycles. The fraction of sp³-hybridized carbons (Fsp3) is 0.176. The summed E-state index contributed by atoms with van der Waals surface area (Å²) in [5, 5.41) is -0.293. The summed E-state index contributed by atoms with van der Waals surface area (Å²) >= 11 is 5.93. The van der Waals surface area contributed by atoms with Crippen LogP contribution in [0.2, 0.25) is 5.15 Å². The van der Waals surface area contributed by atoms with E-state index in [-0.39, 0.29) is 16.4 Å². The number of fused-ring (bicyclic) bond motifs is 1. The molecule has 0 amide bonds. The summed E-state index contributed by atoms with van der Waals surface area (Å²) < 4.78 is 45.7. The lowest BCUT2D eigenvalue weighted by atomic mass is 10.1. The Labute approximate surface area is 150 Å². The predicted octanol–water partition coefficient (Wildman–Crippen LogP) is 4.56. The minimum Gasteiger partial charge on any atom is -0.457 e. The third-order valence-corrected chi connectivity index (χ3v) is 3.72. The van der Waals surface area contributed by atoms with Crippen LogP contribution in [0, 0.1) is 0 Å². The summed E-state index contributed by atoms with van der Waals surface area (Å²) in [5.74, 6) is -0.912. The van der Waals surface area contributed by atoms with Gasteiger partial charge in [0, 0.05) is 18.7 Å². The number of rotatable bonds is 4. The molecule has 3 rings (SSSR count). The Bertz CT molecular complexity index is 979. The second kappa shape index (κ2) is 6.87. The Morgan fingerprint density at radius 3 is 2.42 bits per heavy atom. The molecule has 1 aromatic carbocycles. The molecule has 1 atom stereocenters. The van der Waals surface area contributed by atoms with Crippen molar-refractivity contribution in [1.29, 1.82) is 0 Å². The standard InChI is InChI=1S/C17H11ClF3N3O2/c1-9(25)13-8-10(6-7-22-13)14(17(19,20)21)26-16-15(18)23-11-4-2-3-5-12(11)24-16/h2-8,14H,1H3. The number of carbonyl (C=O) groups excluding carboxylic acids is 1. The zero-order chi connectivity index (χ0) is 18.9. The van der Waals surface area contributed by atoms with Crippen LogP contribution in [0.5, 0.6) is 5.88 Å². The first-order valence-electron chi connectivity index (χ1n) is 7.38. The van der Waals surface area contributed by atoms with Crippen LogP contribution >= 0.6 is 11.6 Å². The number of benzene rings is 1. The molecule has 0 aliphatic heterocycles. The Hall–Kier alpha value is -2.74. The number of nitrogens with zero attached hydrogens (tertiary/aromatic N) is 3. The second-order valence-electron chi connectivity index (χ2n) is 5.38. The molecule has 3 aromatic rings. The van der Waals surface area contributed by atoms with Gasteiger partial charge in [-0.25, -0.2) is 9.97 Å². The maximum absolute atomic E-state index is 13.5. The topological polar surface area (TPSA) is 65.0 Å². The van der Waals surface area contributed by atoms with Crippen molar-refractivity contribution in [3.05, 3.63) is 59.0 Å². The highest BCUT2D eigenvalue weighted by atomic mass is 35.5. The number of aromatic nitrogens is 3. The minimum atomic E-state index is -4.77. The number of alkyl halides is 3. The van der Waals surface area contributed by atoms with Crippen molar-refractivity contribution in [1.82, 2.24) is 15.0 Å². The number of hydrogen-bond donors (Lipinski definition) is 0. The molecule has 2 heterocycles. The Kier molecular flexibility index (Phi) is 4.78. The van der Waals surface area contributed by atoms with Crippen molar-refractivity contribution in [3.63, 3.8) is 0 Å². The van der Waals surface area contributed by atoms with E-state index in [2.05, 4.69) is 15.0 Å². The van der Waals surface area contributed by atoms with Gasteiger partial charge in [0.15, 0.2) is 10.9 Å². The van der Waals surface area contributed by atoms with Crippen molar-refractivity contribution in [3.8, 4) is 5.88 Å². The molecule has 0 fully saturated rings. The largest absolute Gasteiger partial charge is 0.457 e. The molecule has 9 heteroatoms. The summed E-state index contributed by atoms with van der Waals surface area (Å²) in [6.45, 7) is 1.21. The summed E-state index contributed by atoms with van der Waals surface area (Å²) in [4.78, 5) is 23.1. The molecular formula is C17H11ClF3N3O2. The van der Waals surface area contributed by atoms with E-state index in [0.717, 1.165) is 18.3 Å². The monoisotopic (exact) mass is 381 g/mol. The number of para-hydroxylation sites is 2. The van der Waals surface area contributed by atoms with E-state index in [9.17, 15) is 18.0 Å². The first kappa shape index (κ1) is 18.1. The molecule has 0 spiro atoms. The van der Waals surface area contributed by atoms with Crippen LogP contribution in [0.4, 0.5) is 13.2 Å². The normalized spacial score (nSPS) is 12.8. The molecule has 2 aromatic heterocycles. The molecule has 0 aliphatic rings. The van der Waals surface area contributed by atoms with Gasteiger partial charge in [-0.05, 0) is 24.3 Å². The van der Waals surface area contributed by atoms with Gasteiger partial charge in [-0.2, -0.15) is 13.2 Å². The highest BCUT2D eigenvalue weighted by Crippen LogP contribution is 2.38. The minimum absolute atomic E-state index is 0.101. The fourth-order valence-electron chi connectivity index (χ4n) is 2.28. The number of pyridine rings is 1. The molecule has 0 saturated heterocycles. The molecule has 0 N–H and O–H groups in total. The van der Waals surface area contributed by atoms with Gasteiger partial charge in [-0.1, -0.05) is 23.7 Å². The number of hydrogen-bond acceptors (Lipinski definition) is 5. The first-order valence-corrected chi connectivity index (χ1v) is 7.76. The number of ketones is 1. The zero-order valence-electron chi connectivity index (χ0n) is 13.3. The third-order valence-electron chi connectivity index (χ3n) is 3.47. The van der Waals surface area contributed by atoms with Crippen LogP contribution in [0.25, 0.3) is 11.0 Å². The van der Waals surface area contributed by atoms with Crippen molar-refractivity contribution in [2.75, 3.05) is 0 Å². The molecule has 0 saturated carbocycles. The van der Waals surface area contributed by atoms with Crippen molar-refractivity contribution in [2.45, 2.75) is 19.2 Å². The average Bonchev–Trinajstić information content (AvgIpc) is 2.58. The Morgan fingerprint density at radius 1 is 1.15 bits per heavy atom. The van der Waals surface area contributed by atoms with Gasteiger partial charge in [-0.3, -0.25) is 9.78 Å². The van der Waals surface area contributed by atoms with E-state index in [1.54, 1.807) is 24.3 Å². The van der Waals surface area contributed by atoms with E-state index < -0.39 is 23.9 Å². The van der Waals surface area contributed by atoms with Crippen LogP contribution in [0.15, 0.2) is 42.6 Å². The Balaban J connectivity index is 2.04. The van der Waals surface area contributed by atoms with Crippen LogP contribution in [0.3, 0.4) is 0 Å². The first-order chi connectivity index (χ1) is 12.3. The summed E-state index contributed by atoms with van der Waals surface area (Å²) in [6.07, 6.45) is -6.04. The van der Waals surface area contributed by atoms with Gasteiger partial charge in [0.1, 0.15) is 5.69 Å². The summed E-state index contributed by atoms with van der Waals surface area (Å²) in [5.41, 5.74) is 0.378. The maximum Gasteiger partial charge on any atom is 0.429 e. The van der Waals surface area contributed by atoms with Gasteiger partial charge in [0.05, 0.1) is 11.0 Å². The highest BCUT2D eigenvalue weighted by molar-refractivity contribution is 6.31. The molecule has 26 heavy (non-hydrogen) atoms. The van der Waals surface area contributed by atoms with Gasteiger partial charge in [0.25, 0.3) is 5.88 Å². The lowest BCUT2D eigenvalue weighted by Crippen LogP contribution is -2.27. The number of halogens is 4. The van der Waals surface area contributed by atoms with E-state index >= 15 is 0 Å². The molecule has 1 unspecified atom stereocenters. The number of Topliss-reactive ketones (excluding diaryl/α,β-unsaturated/α-hetero) is 1. The van der Waals surface area contributed by atoms with Crippen LogP contribution in [-0.4, -0.2) is 26.9 Å². The Morgan fingerprint density at radius 2 is 1.81 bits per heavy atom.